The van der Waals surface area contributed by atoms with Crippen LogP contribution in [0.15, 0.2) is 24.3 Å². The molecule has 1 aromatic carbocycles. The van der Waals surface area contributed by atoms with Crippen molar-refractivity contribution in [1.82, 2.24) is 14.7 Å². The van der Waals surface area contributed by atoms with Crippen LogP contribution in [0.25, 0.3) is 0 Å². The molecule has 2 heterocycles. The van der Waals surface area contributed by atoms with E-state index in [0.29, 0.717) is 0 Å². The van der Waals surface area contributed by atoms with Crippen LogP contribution in [0.5, 0.6) is 0 Å². The molecule has 6 nitrogen and oxygen atoms in total. The van der Waals surface area contributed by atoms with Gasteiger partial charge in [0, 0.05) is 19.1 Å². The van der Waals surface area contributed by atoms with Crippen LogP contribution < -0.4 is 0 Å². The smallest absolute Gasteiger partial charge is 0.338 e. The van der Waals surface area contributed by atoms with Crippen LogP contribution in [0.4, 0.5) is 13.2 Å². The lowest BCUT2D eigenvalue weighted by molar-refractivity contribution is -0.201. The van der Waals surface area contributed by atoms with E-state index in [1.807, 2.05) is 0 Å². The van der Waals surface area contributed by atoms with Gasteiger partial charge in [0.05, 0.1) is 11.1 Å². The van der Waals surface area contributed by atoms with Gasteiger partial charge in [-0.15, -0.1) is 0 Å². The molecule has 26 heavy (non-hydrogen) atoms. The molecule has 0 bridgehead atoms. The van der Waals surface area contributed by atoms with E-state index in [1.165, 1.54) is 24.1 Å². The summed E-state index contributed by atoms with van der Waals surface area (Å²) in [6.45, 7) is 0.616. The van der Waals surface area contributed by atoms with Crippen molar-refractivity contribution in [2.45, 2.75) is 25.2 Å². The molecule has 0 aromatic heterocycles. The zero-order valence-electron chi connectivity index (χ0n) is 14.3. The first-order valence-corrected chi connectivity index (χ1v) is 8.13. The zero-order valence-corrected chi connectivity index (χ0v) is 14.3. The van der Waals surface area contributed by atoms with Gasteiger partial charge in [0.1, 0.15) is 12.6 Å². The predicted molar refractivity (Wildman–Crippen MR) is 85.5 cm³/mol. The number of carbonyl (C=O) groups is 3. The maximum absolute atomic E-state index is 13.2. The van der Waals surface area contributed by atoms with Crippen LogP contribution in [-0.4, -0.2) is 77.4 Å². The summed E-state index contributed by atoms with van der Waals surface area (Å²) >= 11 is 0. The molecular formula is C17H18F3N3O3. The standard InChI is InChI=1S/C17H18F3N3O3/c1-10-7-22(8-13(21(10)2)17(18,19)20)14(24)9-23-15(25)11-5-3-4-6-12(11)16(23)26/h3-6,10,13H,7-9H2,1-2H3. The molecule has 2 unspecified atom stereocenters. The van der Waals surface area contributed by atoms with Crippen LogP contribution in [0.3, 0.4) is 0 Å². The molecular weight excluding hydrogens is 351 g/mol. The Labute approximate surface area is 148 Å². The van der Waals surface area contributed by atoms with Gasteiger partial charge in [-0.05, 0) is 26.1 Å². The molecule has 140 valence electrons. The third-order valence-electron chi connectivity index (χ3n) is 4.97. The number of likely N-dealkylation sites (N-methyl/N-ethyl adjacent to an activating group) is 1. The number of halogens is 3. The van der Waals surface area contributed by atoms with Crippen molar-refractivity contribution in [2.24, 2.45) is 0 Å². The van der Waals surface area contributed by atoms with E-state index in [9.17, 15) is 27.6 Å². The number of hydrogen-bond donors (Lipinski definition) is 0. The summed E-state index contributed by atoms with van der Waals surface area (Å²) in [7, 11) is 1.37. The van der Waals surface area contributed by atoms with Gasteiger partial charge in [-0.25, -0.2) is 0 Å². The number of nitrogens with zero attached hydrogens (tertiary/aromatic N) is 3. The van der Waals surface area contributed by atoms with Crippen LogP contribution >= 0.6 is 0 Å². The van der Waals surface area contributed by atoms with E-state index >= 15 is 0 Å². The highest BCUT2D eigenvalue weighted by Crippen LogP contribution is 2.29. The van der Waals surface area contributed by atoms with E-state index in [-0.39, 0.29) is 17.7 Å². The molecule has 1 aromatic rings. The van der Waals surface area contributed by atoms with Crippen molar-refractivity contribution in [3.05, 3.63) is 35.4 Å². The van der Waals surface area contributed by atoms with Crippen molar-refractivity contribution in [2.75, 3.05) is 26.7 Å². The topological polar surface area (TPSA) is 60.9 Å². The van der Waals surface area contributed by atoms with Crippen molar-refractivity contribution >= 4 is 17.7 Å². The summed E-state index contributed by atoms with van der Waals surface area (Å²) in [5.41, 5.74) is 0.399. The van der Waals surface area contributed by atoms with E-state index in [0.717, 1.165) is 9.80 Å². The Hall–Kier alpha value is -2.42. The van der Waals surface area contributed by atoms with E-state index in [2.05, 4.69) is 0 Å². The van der Waals surface area contributed by atoms with Crippen LogP contribution in [-0.2, 0) is 4.79 Å². The SMILES string of the molecule is CC1CN(C(=O)CN2C(=O)c3ccccc3C2=O)CC(C(F)(F)F)N1C. The van der Waals surface area contributed by atoms with Crippen molar-refractivity contribution in [1.29, 1.82) is 0 Å². The maximum atomic E-state index is 13.2. The summed E-state index contributed by atoms with van der Waals surface area (Å²) in [6.07, 6.45) is -4.47. The van der Waals surface area contributed by atoms with Crippen LogP contribution in [0, 0.1) is 0 Å². The summed E-state index contributed by atoms with van der Waals surface area (Å²) in [5, 5.41) is 0. The average molecular weight is 369 g/mol. The van der Waals surface area contributed by atoms with Gasteiger partial charge < -0.3 is 4.90 Å². The first-order valence-electron chi connectivity index (χ1n) is 8.13. The van der Waals surface area contributed by atoms with Gasteiger partial charge >= 0.3 is 6.18 Å². The summed E-state index contributed by atoms with van der Waals surface area (Å²) in [4.78, 5) is 40.2. The Balaban J connectivity index is 1.75. The number of imide groups is 1. The summed E-state index contributed by atoms with van der Waals surface area (Å²) < 4.78 is 39.6. The first-order chi connectivity index (χ1) is 12.1. The lowest BCUT2D eigenvalue weighted by Gasteiger charge is -2.44. The highest BCUT2D eigenvalue weighted by molar-refractivity contribution is 6.22. The highest BCUT2D eigenvalue weighted by atomic mass is 19.4. The third kappa shape index (κ3) is 3.07. The molecule has 0 radical (unpaired) electrons. The average Bonchev–Trinajstić information content (AvgIpc) is 2.81. The Morgan fingerprint density at radius 3 is 2.15 bits per heavy atom. The molecule has 2 aliphatic heterocycles. The Kier molecular flexibility index (Phi) is 4.51. The minimum absolute atomic E-state index is 0.102. The largest absolute Gasteiger partial charge is 0.405 e. The second kappa shape index (κ2) is 6.39. The van der Waals surface area contributed by atoms with E-state index in [1.54, 1.807) is 19.1 Å². The fourth-order valence-electron chi connectivity index (χ4n) is 3.32. The van der Waals surface area contributed by atoms with Gasteiger partial charge in [0.25, 0.3) is 11.8 Å². The van der Waals surface area contributed by atoms with Crippen LogP contribution in [0.1, 0.15) is 27.6 Å². The van der Waals surface area contributed by atoms with Crippen molar-refractivity contribution in [3.8, 4) is 0 Å². The molecule has 0 aliphatic carbocycles. The van der Waals surface area contributed by atoms with Crippen LogP contribution in [0.2, 0.25) is 0 Å². The minimum atomic E-state index is -4.47. The number of fused-ring (bicyclic) bond motifs is 1. The maximum Gasteiger partial charge on any atom is 0.405 e. The van der Waals surface area contributed by atoms with E-state index in [4.69, 9.17) is 0 Å². The van der Waals surface area contributed by atoms with Gasteiger partial charge in [-0.1, -0.05) is 12.1 Å². The first kappa shape index (κ1) is 18.4. The predicted octanol–water partition coefficient (Wildman–Crippen LogP) is 1.38. The monoisotopic (exact) mass is 369 g/mol. The molecule has 0 saturated carbocycles. The molecule has 0 N–H and O–H groups in total. The van der Waals surface area contributed by atoms with Crippen molar-refractivity contribution < 1.29 is 27.6 Å². The Morgan fingerprint density at radius 2 is 1.65 bits per heavy atom. The minimum Gasteiger partial charge on any atom is -0.338 e. The normalized spacial score (nSPS) is 24.2. The molecule has 0 spiro atoms. The number of rotatable bonds is 2. The lowest BCUT2D eigenvalue weighted by atomic mass is 10.1. The van der Waals surface area contributed by atoms with E-state index < -0.39 is 49.1 Å². The van der Waals surface area contributed by atoms with Crippen molar-refractivity contribution in [3.63, 3.8) is 0 Å². The number of piperazine rings is 1. The second-order valence-corrected chi connectivity index (χ2v) is 6.61. The lowest BCUT2D eigenvalue weighted by Crippen LogP contribution is -2.63. The molecule has 1 saturated heterocycles. The summed E-state index contributed by atoms with van der Waals surface area (Å²) in [5.74, 6) is -1.88. The fourth-order valence-corrected chi connectivity index (χ4v) is 3.32. The molecule has 2 aliphatic rings. The Morgan fingerprint density at radius 1 is 1.12 bits per heavy atom. The quantitative estimate of drug-likeness (QED) is 0.739. The third-order valence-corrected chi connectivity index (χ3v) is 4.97. The Bertz CT molecular complexity index is 730. The number of alkyl halides is 3. The number of carbonyl (C=O) groups excluding carboxylic acids is 3. The zero-order chi connectivity index (χ0) is 19.2. The molecule has 3 rings (SSSR count). The number of benzene rings is 1. The summed E-state index contributed by atoms with van der Waals surface area (Å²) in [6, 6.07) is 3.89. The fraction of sp³-hybridized carbons (Fsp3) is 0.471. The highest BCUT2D eigenvalue weighted by Gasteiger charge is 2.48. The molecule has 9 heteroatoms. The second-order valence-electron chi connectivity index (χ2n) is 6.61. The number of amides is 3. The van der Waals surface area contributed by atoms with Gasteiger partial charge in [0.15, 0.2) is 0 Å². The number of hydrogen-bond acceptors (Lipinski definition) is 4. The molecule has 2 atom stereocenters. The van der Waals surface area contributed by atoms with Gasteiger partial charge in [-0.2, -0.15) is 13.2 Å². The van der Waals surface area contributed by atoms with Gasteiger partial charge in [0.2, 0.25) is 5.91 Å². The van der Waals surface area contributed by atoms with Gasteiger partial charge in [-0.3, -0.25) is 24.2 Å². The molecule has 3 amide bonds. The molecule has 1 fully saturated rings.